The molecule has 1 saturated heterocycles. The first-order valence-electron chi connectivity index (χ1n) is 7.33. The van der Waals surface area contributed by atoms with E-state index in [-0.39, 0.29) is 10.8 Å². The van der Waals surface area contributed by atoms with Crippen molar-refractivity contribution in [1.29, 1.82) is 0 Å². The molecule has 6 nitrogen and oxygen atoms in total. The molecule has 1 aliphatic rings. The van der Waals surface area contributed by atoms with E-state index in [9.17, 15) is 13.2 Å². The number of hydrogen-bond donors (Lipinski definition) is 1. The maximum absolute atomic E-state index is 12.2. The van der Waals surface area contributed by atoms with Gasteiger partial charge in [-0.25, -0.2) is 18.1 Å². The molecule has 0 unspecified atom stereocenters. The molecule has 0 atom stereocenters. The molecule has 1 fully saturated rings. The Labute approximate surface area is 139 Å². The highest BCUT2D eigenvalue weighted by Gasteiger charge is 2.22. The molecule has 8 heteroatoms. The molecule has 0 aliphatic carbocycles. The molecule has 2 aromatic rings. The standard InChI is InChI=1S/C15H17N3O3S2/c19-15-2-1-9-18(15)13-3-5-14(6-4-13)23(20,21)17-8-7-12-10-22-11-16-12/h3-6,10-11,17H,1-2,7-9H2. The lowest BCUT2D eigenvalue weighted by molar-refractivity contribution is -0.117. The summed E-state index contributed by atoms with van der Waals surface area (Å²) in [5.41, 5.74) is 3.34. The summed E-state index contributed by atoms with van der Waals surface area (Å²) in [6.45, 7) is 0.995. The van der Waals surface area contributed by atoms with Gasteiger partial charge in [-0.3, -0.25) is 4.79 Å². The third-order valence-corrected chi connectivity index (χ3v) is 5.80. The van der Waals surface area contributed by atoms with E-state index in [0.717, 1.165) is 17.8 Å². The lowest BCUT2D eigenvalue weighted by Gasteiger charge is -2.16. The molecule has 0 bridgehead atoms. The molecule has 2 heterocycles. The van der Waals surface area contributed by atoms with Crippen LogP contribution >= 0.6 is 11.3 Å². The number of amides is 1. The second-order valence-corrected chi connectivity index (χ2v) is 7.76. The average Bonchev–Trinajstić information content (AvgIpc) is 3.19. The van der Waals surface area contributed by atoms with Crippen molar-refractivity contribution in [1.82, 2.24) is 9.71 Å². The number of benzene rings is 1. The first kappa shape index (κ1) is 16.1. The molecule has 122 valence electrons. The number of thiazole rings is 1. The molecule has 1 aromatic heterocycles. The number of carbonyl (C=O) groups is 1. The highest BCUT2D eigenvalue weighted by Crippen LogP contribution is 2.22. The van der Waals surface area contributed by atoms with Crippen LogP contribution in [0.15, 0.2) is 40.1 Å². The predicted octanol–water partition coefficient (Wildman–Crippen LogP) is 1.79. The van der Waals surface area contributed by atoms with Gasteiger partial charge in [-0.2, -0.15) is 0 Å². The van der Waals surface area contributed by atoms with Crippen molar-refractivity contribution in [2.75, 3.05) is 18.0 Å². The van der Waals surface area contributed by atoms with E-state index in [1.807, 2.05) is 5.38 Å². The van der Waals surface area contributed by atoms with E-state index in [1.54, 1.807) is 22.5 Å². The monoisotopic (exact) mass is 351 g/mol. The summed E-state index contributed by atoms with van der Waals surface area (Å²) in [7, 11) is -3.55. The fourth-order valence-electron chi connectivity index (χ4n) is 2.48. The summed E-state index contributed by atoms with van der Waals surface area (Å²) in [4.78, 5) is 17.7. The largest absolute Gasteiger partial charge is 0.312 e. The van der Waals surface area contributed by atoms with E-state index in [0.29, 0.717) is 25.9 Å². The first-order chi connectivity index (χ1) is 11.1. The topological polar surface area (TPSA) is 79.4 Å². The molecular weight excluding hydrogens is 334 g/mol. The maximum Gasteiger partial charge on any atom is 0.240 e. The Kier molecular flexibility index (Phi) is 4.74. The van der Waals surface area contributed by atoms with Crippen LogP contribution in [0, 0.1) is 0 Å². The Bertz CT molecular complexity index is 771. The first-order valence-corrected chi connectivity index (χ1v) is 9.76. The Morgan fingerprint density at radius 3 is 2.65 bits per heavy atom. The van der Waals surface area contributed by atoms with Crippen LogP contribution in [0.4, 0.5) is 5.69 Å². The molecule has 1 N–H and O–H groups in total. The van der Waals surface area contributed by atoms with Crippen molar-refractivity contribution in [2.45, 2.75) is 24.2 Å². The molecule has 23 heavy (non-hydrogen) atoms. The number of carbonyl (C=O) groups excluding carboxylic acids is 1. The third-order valence-electron chi connectivity index (χ3n) is 3.69. The van der Waals surface area contributed by atoms with Gasteiger partial charge in [0.1, 0.15) is 0 Å². The van der Waals surface area contributed by atoms with Gasteiger partial charge in [0.25, 0.3) is 0 Å². The van der Waals surface area contributed by atoms with E-state index < -0.39 is 10.0 Å². The van der Waals surface area contributed by atoms with Gasteiger partial charge in [0.15, 0.2) is 0 Å². The zero-order valence-electron chi connectivity index (χ0n) is 12.4. The molecule has 1 aromatic carbocycles. The van der Waals surface area contributed by atoms with Gasteiger partial charge in [0, 0.05) is 37.0 Å². The van der Waals surface area contributed by atoms with E-state index in [4.69, 9.17) is 0 Å². The van der Waals surface area contributed by atoms with Crippen LogP contribution in [0.1, 0.15) is 18.5 Å². The minimum Gasteiger partial charge on any atom is -0.312 e. The van der Waals surface area contributed by atoms with Crippen LogP contribution in [0.2, 0.25) is 0 Å². The summed E-state index contributed by atoms with van der Waals surface area (Å²) in [5.74, 6) is 0.0852. The maximum atomic E-state index is 12.2. The van der Waals surface area contributed by atoms with E-state index >= 15 is 0 Å². The number of anilines is 1. The van der Waals surface area contributed by atoms with Crippen molar-refractivity contribution < 1.29 is 13.2 Å². The summed E-state index contributed by atoms with van der Waals surface area (Å²) in [5, 5.41) is 1.90. The van der Waals surface area contributed by atoms with Crippen molar-refractivity contribution in [3.05, 3.63) is 40.8 Å². The zero-order chi connectivity index (χ0) is 16.3. The Hall–Kier alpha value is -1.77. The summed E-state index contributed by atoms with van der Waals surface area (Å²) >= 11 is 1.49. The smallest absolute Gasteiger partial charge is 0.240 e. The van der Waals surface area contributed by atoms with Crippen LogP contribution in [0.5, 0.6) is 0 Å². The van der Waals surface area contributed by atoms with Crippen molar-refractivity contribution in [2.24, 2.45) is 0 Å². The fourth-order valence-corrected chi connectivity index (χ4v) is 4.11. The Morgan fingerprint density at radius 2 is 2.04 bits per heavy atom. The normalized spacial score (nSPS) is 15.3. The van der Waals surface area contributed by atoms with Gasteiger partial charge >= 0.3 is 0 Å². The molecule has 0 spiro atoms. The van der Waals surface area contributed by atoms with Crippen LogP contribution < -0.4 is 9.62 Å². The Balaban J connectivity index is 1.64. The van der Waals surface area contributed by atoms with Crippen molar-refractivity contribution in [3.63, 3.8) is 0 Å². The quantitative estimate of drug-likeness (QED) is 0.860. The van der Waals surface area contributed by atoms with Crippen molar-refractivity contribution in [3.8, 4) is 0 Å². The minimum absolute atomic E-state index is 0.0852. The van der Waals surface area contributed by atoms with Gasteiger partial charge < -0.3 is 4.90 Å². The molecule has 0 radical (unpaired) electrons. The highest BCUT2D eigenvalue weighted by atomic mass is 32.2. The van der Waals surface area contributed by atoms with Gasteiger partial charge in [0.05, 0.1) is 16.1 Å². The molecule has 0 saturated carbocycles. The van der Waals surface area contributed by atoms with E-state index in [1.165, 1.54) is 23.5 Å². The number of hydrogen-bond acceptors (Lipinski definition) is 5. The predicted molar refractivity (Wildman–Crippen MR) is 89.0 cm³/mol. The Morgan fingerprint density at radius 1 is 1.26 bits per heavy atom. The second kappa shape index (κ2) is 6.77. The number of nitrogens with zero attached hydrogens (tertiary/aromatic N) is 2. The molecule has 1 amide bonds. The van der Waals surface area contributed by atoms with Gasteiger partial charge in [0.2, 0.25) is 15.9 Å². The van der Waals surface area contributed by atoms with Crippen LogP contribution in [-0.2, 0) is 21.2 Å². The summed E-state index contributed by atoms with van der Waals surface area (Å²) in [6, 6.07) is 6.43. The summed E-state index contributed by atoms with van der Waals surface area (Å²) < 4.78 is 27.1. The van der Waals surface area contributed by atoms with Gasteiger partial charge in [-0.05, 0) is 30.7 Å². The highest BCUT2D eigenvalue weighted by molar-refractivity contribution is 7.89. The van der Waals surface area contributed by atoms with Gasteiger partial charge in [-0.15, -0.1) is 11.3 Å². The lowest BCUT2D eigenvalue weighted by atomic mass is 10.3. The van der Waals surface area contributed by atoms with E-state index in [2.05, 4.69) is 9.71 Å². The number of sulfonamides is 1. The van der Waals surface area contributed by atoms with Crippen LogP contribution in [-0.4, -0.2) is 32.4 Å². The fraction of sp³-hybridized carbons (Fsp3) is 0.333. The van der Waals surface area contributed by atoms with Crippen molar-refractivity contribution >= 4 is 33.0 Å². The second-order valence-electron chi connectivity index (χ2n) is 5.27. The number of nitrogens with one attached hydrogen (secondary N) is 1. The van der Waals surface area contributed by atoms with Gasteiger partial charge in [-0.1, -0.05) is 0 Å². The lowest BCUT2D eigenvalue weighted by Crippen LogP contribution is -2.26. The molecule has 1 aliphatic heterocycles. The molecule has 3 rings (SSSR count). The molecular formula is C15H17N3O3S2. The van der Waals surface area contributed by atoms with Crippen LogP contribution in [0.3, 0.4) is 0 Å². The third kappa shape index (κ3) is 3.77. The SMILES string of the molecule is O=C1CCCN1c1ccc(S(=O)(=O)NCCc2cscn2)cc1. The summed E-state index contributed by atoms with van der Waals surface area (Å²) in [6.07, 6.45) is 1.96. The zero-order valence-corrected chi connectivity index (χ0v) is 14.1. The van der Waals surface area contributed by atoms with Crippen LogP contribution in [0.25, 0.3) is 0 Å². The number of aromatic nitrogens is 1. The minimum atomic E-state index is -3.55. The average molecular weight is 351 g/mol. The number of rotatable bonds is 6.